The summed E-state index contributed by atoms with van der Waals surface area (Å²) in [5.74, 6) is 0.475. The van der Waals surface area contributed by atoms with Gasteiger partial charge in [-0.15, -0.1) is 0 Å². The lowest BCUT2D eigenvalue weighted by Gasteiger charge is -2.12. The highest BCUT2D eigenvalue weighted by atomic mass is 79.9. The SMILES string of the molecule is CCOc1cc(C=O)ccc1OCC(=O)Nc1ccc(Br)c(Cl)c1. The first kappa shape index (κ1) is 18.3. The third-order valence-corrected chi connectivity index (χ3v) is 4.20. The molecule has 0 saturated carbocycles. The molecule has 1 amide bonds. The van der Waals surface area contributed by atoms with E-state index in [0.717, 1.165) is 10.8 Å². The standard InChI is InChI=1S/C17H15BrClNO4/c1-2-23-16-7-11(9-21)3-6-15(16)24-10-17(22)20-12-4-5-13(18)14(19)8-12/h3-9H,2,10H2,1H3,(H,20,22). The predicted octanol–water partition coefficient (Wildman–Crippen LogP) is 4.33. The second kappa shape index (κ2) is 8.70. The second-order valence-electron chi connectivity index (χ2n) is 4.72. The zero-order valence-electron chi connectivity index (χ0n) is 12.8. The molecule has 0 aromatic heterocycles. The second-order valence-corrected chi connectivity index (χ2v) is 5.98. The van der Waals surface area contributed by atoms with Gasteiger partial charge in [0, 0.05) is 15.7 Å². The summed E-state index contributed by atoms with van der Waals surface area (Å²) in [4.78, 5) is 22.8. The Hall–Kier alpha value is -2.05. The summed E-state index contributed by atoms with van der Waals surface area (Å²) in [5, 5.41) is 3.19. The van der Waals surface area contributed by atoms with Crippen LogP contribution in [-0.2, 0) is 4.79 Å². The molecule has 0 unspecified atom stereocenters. The largest absolute Gasteiger partial charge is 0.490 e. The highest BCUT2D eigenvalue weighted by Crippen LogP contribution is 2.28. The van der Waals surface area contributed by atoms with E-state index in [-0.39, 0.29) is 12.5 Å². The number of carbonyl (C=O) groups excluding carboxylic acids is 2. The van der Waals surface area contributed by atoms with Crippen molar-refractivity contribution >= 4 is 45.4 Å². The van der Waals surface area contributed by atoms with Gasteiger partial charge in [-0.1, -0.05) is 11.6 Å². The van der Waals surface area contributed by atoms with Crippen LogP contribution in [0.4, 0.5) is 5.69 Å². The summed E-state index contributed by atoms with van der Waals surface area (Å²) in [6.45, 7) is 2.04. The summed E-state index contributed by atoms with van der Waals surface area (Å²) in [6, 6.07) is 9.85. The van der Waals surface area contributed by atoms with Crippen molar-refractivity contribution in [2.45, 2.75) is 6.92 Å². The lowest BCUT2D eigenvalue weighted by Crippen LogP contribution is -2.20. The van der Waals surface area contributed by atoms with Gasteiger partial charge < -0.3 is 14.8 Å². The molecule has 126 valence electrons. The van der Waals surface area contributed by atoms with E-state index in [2.05, 4.69) is 21.2 Å². The molecule has 2 aromatic rings. The van der Waals surface area contributed by atoms with E-state index in [9.17, 15) is 9.59 Å². The van der Waals surface area contributed by atoms with E-state index in [1.165, 1.54) is 0 Å². The molecule has 1 N–H and O–H groups in total. The number of rotatable bonds is 7. The fraction of sp³-hybridized carbons (Fsp3) is 0.176. The molecule has 0 saturated heterocycles. The first-order valence-corrected chi connectivity index (χ1v) is 8.30. The molecular weight excluding hydrogens is 398 g/mol. The normalized spacial score (nSPS) is 10.1. The van der Waals surface area contributed by atoms with Gasteiger partial charge in [-0.25, -0.2) is 0 Å². The number of hydrogen-bond acceptors (Lipinski definition) is 4. The molecule has 0 spiro atoms. The van der Waals surface area contributed by atoms with Gasteiger partial charge in [0.1, 0.15) is 6.29 Å². The fourth-order valence-corrected chi connectivity index (χ4v) is 2.33. The Kier molecular flexibility index (Phi) is 6.63. The lowest BCUT2D eigenvalue weighted by molar-refractivity contribution is -0.118. The fourth-order valence-electron chi connectivity index (χ4n) is 1.90. The van der Waals surface area contributed by atoms with E-state index in [0.29, 0.717) is 34.4 Å². The zero-order valence-corrected chi connectivity index (χ0v) is 15.2. The number of hydrogen-bond donors (Lipinski definition) is 1. The van der Waals surface area contributed by atoms with Crippen LogP contribution in [0.2, 0.25) is 5.02 Å². The van der Waals surface area contributed by atoms with Crippen molar-refractivity contribution in [3.8, 4) is 11.5 Å². The summed E-state index contributed by atoms with van der Waals surface area (Å²) in [5.41, 5.74) is 1.04. The summed E-state index contributed by atoms with van der Waals surface area (Å²) >= 11 is 9.26. The Morgan fingerprint density at radius 3 is 2.67 bits per heavy atom. The first-order valence-electron chi connectivity index (χ1n) is 7.13. The number of halogens is 2. The molecule has 0 fully saturated rings. The minimum atomic E-state index is -0.338. The summed E-state index contributed by atoms with van der Waals surface area (Å²) < 4.78 is 11.6. The maximum absolute atomic E-state index is 12.0. The molecule has 7 heteroatoms. The van der Waals surface area contributed by atoms with Crippen LogP contribution in [0.5, 0.6) is 11.5 Å². The first-order chi connectivity index (χ1) is 11.5. The molecular formula is C17H15BrClNO4. The van der Waals surface area contributed by atoms with Crippen LogP contribution in [0.15, 0.2) is 40.9 Å². The molecule has 5 nitrogen and oxygen atoms in total. The molecule has 0 radical (unpaired) electrons. The van der Waals surface area contributed by atoms with E-state index in [4.69, 9.17) is 21.1 Å². The molecule has 0 heterocycles. The maximum Gasteiger partial charge on any atom is 0.262 e. The van der Waals surface area contributed by atoms with Gasteiger partial charge in [0.2, 0.25) is 0 Å². The molecule has 0 aliphatic carbocycles. The Bertz CT molecular complexity index is 751. The Morgan fingerprint density at radius 1 is 1.21 bits per heavy atom. The van der Waals surface area contributed by atoms with E-state index < -0.39 is 0 Å². The van der Waals surface area contributed by atoms with Gasteiger partial charge in [-0.3, -0.25) is 9.59 Å². The highest BCUT2D eigenvalue weighted by Gasteiger charge is 2.10. The molecule has 0 aliphatic heterocycles. The van der Waals surface area contributed by atoms with Crippen LogP contribution in [0.1, 0.15) is 17.3 Å². The van der Waals surface area contributed by atoms with Gasteiger partial charge in [0.15, 0.2) is 18.1 Å². The third-order valence-electron chi connectivity index (χ3n) is 2.97. The quantitative estimate of drug-likeness (QED) is 0.687. The van der Waals surface area contributed by atoms with Crippen LogP contribution in [0, 0.1) is 0 Å². The topological polar surface area (TPSA) is 64.6 Å². The van der Waals surface area contributed by atoms with Crippen LogP contribution < -0.4 is 14.8 Å². The number of ether oxygens (including phenoxy) is 2. The van der Waals surface area contributed by atoms with Gasteiger partial charge in [0.05, 0.1) is 11.6 Å². The van der Waals surface area contributed by atoms with E-state index in [1.807, 2.05) is 6.92 Å². The highest BCUT2D eigenvalue weighted by molar-refractivity contribution is 9.10. The van der Waals surface area contributed by atoms with Gasteiger partial charge in [-0.05, 0) is 59.3 Å². The van der Waals surface area contributed by atoms with Crippen LogP contribution in [-0.4, -0.2) is 25.4 Å². The molecule has 24 heavy (non-hydrogen) atoms. The van der Waals surface area contributed by atoms with E-state index >= 15 is 0 Å². The van der Waals surface area contributed by atoms with Crippen molar-refractivity contribution in [1.29, 1.82) is 0 Å². The summed E-state index contributed by atoms with van der Waals surface area (Å²) in [7, 11) is 0. The molecule has 2 rings (SSSR count). The minimum Gasteiger partial charge on any atom is -0.490 e. The van der Waals surface area contributed by atoms with Crippen LogP contribution in [0.25, 0.3) is 0 Å². The van der Waals surface area contributed by atoms with Crippen molar-refractivity contribution in [3.05, 3.63) is 51.5 Å². The maximum atomic E-state index is 12.0. The average molecular weight is 413 g/mol. The third kappa shape index (κ3) is 4.97. The Morgan fingerprint density at radius 2 is 2.00 bits per heavy atom. The number of anilines is 1. The van der Waals surface area contributed by atoms with Gasteiger partial charge in [0.25, 0.3) is 5.91 Å². The summed E-state index contributed by atoms with van der Waals surface area (Å²) in [6.07, 6.45) is 0.719. The smallest absolute Gasteiger partial charge is 0.262 e. The monoisotopic (exact) mass is 411 g/mol. The number of aldehydes is 1. The number of benzene rings is 2. The minimum absolute atomic E-state index is 0.200. The lowest BCUT2D eigenvalue weighted by atomic mass is 10.2. The van der Waals surface area contributed by atoms with Gasteiger partial charge in [-0.2, -0.15) is 0 Å². The average Bonchev–Trinajstić information content (AvgIpc) is 2.57. The Labute approximate surface area is 153 Å². The van der Waals surface area contributed by atoms with Crippen molar-refractivity contribution in [1.82, 2.24) is 0 Å². The molecule has 0 atom stereocenters. The van der Waals surface area contributed by atoms with E-state index in [1.54, 1.807) is 36.4 Å². The van der Waals surface area contributed by atoms with Gasteiger partial charge >= 0.3 is 0 Å². The number of carbonyl (C=O) groups is 2. The zero-order chi connectivity index (χ0) is 17.5. The van der Waals surface area contributed by atoms with Crippen LogP contribution >= 0.6 is 27.5 Å². The van der Waals surface area contributed by atoms with Crippen molar-refractivity contribution in [2.24, 2.45) is 0 Å². The predicted molar refractivity (Wildman–Crippen MR) is 96.3 cm³/mol. The molecule has 2 aromatic carbocycles. The van der Waals surface area contributed by atoms with Crippen molar-refractivity contribution in [2.75, 3.05) is 18.5 Å². The number of amides is 1. The van der Waals surface area contributed by atoms with Crippen molar-refractivity contribution < 1.29 is 19.1 Å². The molecule has 0 aliphatic rings. The molecule has 0 bridgehead atoms. The Balaban J connectivity index is 2.00. The number of nitrogens with one attached hydrogen (secondary N) is 1. The van der Waals surface area contributed by atoms with Crippen LogP contribution in [0.3, 0.4) is 0 Å². The van der Waals surface area contributed by atoms with Crippen molar-refractivity contribution in [3.63, 3.8) is 0 Å².